The van der Waals surface area contributed by atoms with E-state index in [1.807, 2.05) is 36.4 Å². The molecular formula is C20H17ClN2O2S. The lowest BCUT2D eigenvalue weighted by Crippen LogP contribution is -2.30. The van der Waals surface area contributed by atoms with Crippen molar-refractivity contribution < 1.29 is 9.53 Å². The van der Waals surface area contributed by atoms with Crippen LogP contribution in [0.15, 0.2) is 66.9 Å². The van der Waals surface area contributed by atoms with E-state index in [0.29, 0.717) is 28.2 Å². The second kappa shape index (κ2) is 7.72. The highest BCUT2D eigenvalue weighted by Crippen LogP contribution is 2.30. The summed E-state index contributed by atoms with van der Waals surface area (Å²) in [6, 6.07) is 14.7. The number of benzene rings is 2. The monoisotopic (exact) mass is 384 g/mol. The van der Waals surface area contributed by atoms with Gasteiger partial charge >= 0.3 is 0 Å². The standard InChI is InChI=1S/C20H17ClN2O2S/c1-3-11-25-18-10-9-14(12-16(18)21)13-17-19(24)23(20(26)22(17)2)15-7-5-4-6-8-15/h3-10,12-13H,1,11H2,2H3. The number of halogens is 1. The van der Waals surface area contributed by atoms with E-state index in [0.717, 1.165) is 11.3 Å². The highest BCUT2D eigenvalue weighted by atomic mass is 35.5. The summed E-state index contributed by atoms with van der Waals surface area (Å²) in [5.41, 5.74) is 2.01. The van der Waals surface area contributed by atoms with Gasteiger partial charge in [0, 0.05) is 7.05 Å². The van der Waals surface area contributed by atoms with E-state index in [-0.39, 0.29) is 5.91 Å². The molecule has 0 N–H and O–H groups in total. The van der Waals surface area contributed by atoms with Crippen molar-refractivity contribution in [3.05, 3.63) is 77.5 Å². The Labute approximate surface area is 162 Å². The number of ether oxygens (including phenoxy) is 1. The molecule has 4 nitrogen and oxygen atoms in total. The van der Waals surface area contributed by atoms with Gasteiger partial charge in [-0.05, 0) is 48.1 Å². The summed E-state index contributed by atoms with van der Waals surface area (Å²) in [6.45, 7) is 3.99. The van der Waals surface area contributed by atoms with Crippen LogP contribution in [0, 0.1) is 0 Å². The van der Waals surface area contributed by atoms with E-state index in [1.165, 1.54) is 4.90 Å². The number of carbonyl (C=O) groups is 1. The van der Waals surface area contributed by atoms with Crippen molar-refractivity contribution in [2.24, 2.45) is 0 Å². The van der Waals surface area contributed by atoms with E-state index in [2.05, 4.69) is 6.58 Å². The summed E-state index contributed by atoms with van der Waals surface area (Å²) in [7, 11) is 1.78. The quantitative estimate of drug-likeness (QED) is 0.431. The molecule has 6 heteroatoms. The minimum absolute atomic E-state index is 0.174. The van der Waals surface area contributed by atoms with E-state index in [9.17, 15) is 4.79 Å². The largest absolute Gasteiger partial charge is 0.488 e. The number of hydrogen-bond donors (Lipinski definition) is 0. The summed E-state index contributed by atoms with van der Waals surface area (Å²) in [5.74, 6) is 0.396. The van der Waals surface area contributed by atoms with Crippen molar-refractivity contribution in [3.8, 4) is 5.75 Å². The molecule has 0 atom stereocenters. The second-order valence-electron chi connectivity index (χ2n) is 5.64. The predicted octanol–water partition coefficient (Wildman–Crippen LogP) is 4.51. The maximum Gasteiger partial charge on any atom is 0.281 e. The Hall–Kier alpha value is -2.63. The highest BCUT2D eigenvalue weighted by Gasteiger charge is 2.36. The topological polar surface area (TPSA) is 32.8 Å². The van der Waals surface area contributed by atoms with Crippen LogP contribution in [0.2, 0.25) is 5.02 Å². The number of thiocarbonyl (C=S) groups is 1. The summed E-state index contributed by atoms with van der Waals surface area (Å²) in [4.78, 5) is 16.1. The Kier molecular flexibility index (Phi) is 5.40. The molecule has 0 bridgehead atoms. The van der Waals surface area contributed by atoms with E-state index < -0.39 is 0 Å². The first kappa shape index (κ1) is 18.2. The van der Waals surface area contributed by atoms with Gasteiger partial charge in [0.15, 0.2) is 5.11 Å². The first-order valence-electron chi connectivity index (χ1n) is 7.95. The smallest absolute Gasteiger partial charge is 0.281 e. The maximum atomic E-state index is 12.9. The number of para-hydroxylation sites is 1. The van der Waals surface area contributed by atoms with Gasteiger partial charge in [0.2, 0.25) is 0 Å². The average molecular weight is 385 g/mol. The molecule has 132 valence electrons. The van der Waals surface area contributed by atoms with Crippen molar-refractivity contribution in [2.45, 2.75) is 0 Å². The molecule has 0 radical (unpaired) electrons. The molecule has 0 aromatic heterocycles. The lowest BCUT2D eigenvalue weighted by atomic mass is 10.1. The zero-order valence-corrected chi connectivity index (χ0v) is 15.8. The summed E-state index contributed by atoms with van der Waals surface area (Å²) in [5, 5.41) is 0.904. The van der Waals surface area contributed by atoms with Crippen LogP contribution in [0.4, 0.5) is 5.69 Å². The van der Waals surface area contributed by atoms with Crippen LogP contribution in [0.5, 0.6) is 5.75 Å². The average Bonchev–Trinajstić information content (AvgIpc) is 2.85. The minimum atomic E-state index is -0.174. The number of carbonyl (C=O) groups excluding carboxylic acids is 1. The predicted molar refractivity (Wildman–Crippen MR) is 109 cm³/mol. The van der Waals surface area contributed by atoms with Gasteiger partial charge in [0.25, 0.3) is 5.91 Å². The van der Waals surface area contributed by atoms with Gasteiger partial charge in [-0.1, -0.05) is 48.5 Å². The molecule has 0 spiro atoms. The molecule has 0 aliphatic carbocycles. The normalized spacial score (nSPS) is 15.7. The molecule has 1 aliphatic heterocycles. The lowest BCUT2D eigenvalue weighted by molar-refractivity contribution is -0.114. The second-order valence-corrected chi connectivity index (χ2v) is 6.41. The molecule has 1 amide bonds. The van der Waals surface area contributed by atoms with Crippen LogP contribution in [0.1, 0.15) is 5.56 Å². The molecule has 3 rings (SSSR count). The van der Waals surface area contributed by atoms with E-state index in [4.69, 9.17) is 28.6 Å². The molecular weight excluding hydrogens is 368 g/mol. The fourth-order valence-corrected chi connectivity index (χ4v) is 3.12. The third-order valence-corrected chi connectivity index (χ3v) is 4.64. The molecule has 1 aliphatic rings. The van der Waals surface area contributed by atoms with Crippen LogP contribution >= 0.6 is 23.8 Å². The maximum absolute atomic E-state index is 12.9. The SMILES string of the molecule is C=CCOc1ccc(C=C2C(=O)N(c3ccccc3)C(=S)N2C)cc1Cl. The van der Waals surface area contributed by atoms with E-state index in [1.54, 1.807) is 36.2 Å². The molecule has 1 fully saturated rings. The first-order chi connectivity index (χ1) is 12.5. The molecule has 1 heterocycles. The number of likely N-dealkylation sites (N-methyl/N-ethyl adjacent to an activating group) is 1. The van der Waals surface area contributed by atoms with Crippen molar-refractivity contribution in [2.75, 3.05) is 18.6 Å². The molecule has 2 aromatic carbocycles. The van der Waals surface area contributed by atoms with Gasteiger partial charge in [-0.15, -0.1) is 0 Å². The molecule has 2 aromatic rings. The molecule has 0 unspecified atom stereocenters. The van der Waals surface area contributed by atoms with Crippen LogP contribution in [0.25, 0.3) is 6.08 Å². The van der Waals surface area contributed by atoms with E-state index >= 15 is 0 Å². The van der Waals surface area contributed by atoms with Crippen molar-refractivity contribution in [1.29, 1.82) is 0 Å². The summed E-state index contributed by atoms with van der Waals surface area (Å²) in [6.07, 6.45) is 3.41. The van der Waals surface area contributed by atoms with Crippen LogP contribution < -0.4 is 9.64 Å². The lowest BCUT2D eigenvalue weighted by Gasteiger charge is -2.16. The Morgan fingerprint density at radius 2 is 1.96 bits per heavy atom. The zero-order chi connectivity index (χ0) is 18.7. The van der Waals surface area contributed by atoms with Gasteiger partial charge in [-0.25, -0.2) is 0 Å². The highest BCUT2D eigenvalue weighted by molar-refractivity contribution is 7.80. The van der Waals surface area contributed by atoms with Crippen molar-refractivity contribution in [3.63, 3.8) is 0 Å². The minimum Gasteiger partial charge on any atom is -0.488 e. The summed E-state index contributed by atoms with van der Waals surface area (Å²) < 4.78 is 5.47. The Bertz CT molecular complexity index is 896. The van der Waals surface area contributed by atoms with Gasteiger partial charge in [0.05, 0.1) is 10.7 Å². The molecule has 1 saturated heterocycles. The number of anilines is 1. The number of amides is 1. The van der Waals surface area contributed by atoms with Gasteiger partial charge in [-0.2, -0.15) is 0 Å². The van der Waals surface area contributed by atoms with Gasteiger partial charge < -0.3 is 9.64 Å². The summed E-state index contributed by atoms with van der Waals surface area (Å²) >= 11 is 11.7. The number of hydrogen-bond acceptors (Lipinski definition) is 3. The van der Waals surface area contributed by atoms with Gasteiger partial charge in [0.1, 0.15) is 18.1 Å². The van der Waals surface area contributed by atoms with Crippen LogP contribution in [-0.4, -0.2) is 29.6 Å². The van der Waals surface area contributed by atoms with Crippen molar-refractivity contribution >= 4 is 46.6 Å². The van der Waals surface area contributed by atoms with Crippen molar-refractivity contribution in [1.82, 2.24) is 4.90 Å². The van der Waals surface area contributed by atoms with Crippen LogP contribution in [0.3, 0.4) is 0 Å². The fraction of sp³-hybridized carbons (Fsp3) is 0.100. The third-order valence-electron chi connectivity index (χ3n) is 3.89. The Balaban J connectivity index is 1.91. The molecule has 26 heavy (non-hydrogen) atoms. The fourth-order valence-electron chi connectivity index (χ4n) is 2.59. The zero-order valence-electron chi connectivity index (χ0n) is 14.2. The van der Waals surface area contributed by atoms with Crippen LogP contribution in [-0.2, 0) is 4.79 Å². The number of nitrogens with zero attached hydrogens (tertiary/aromatic N) is 2. The first-order valence-corrected chi connectivity index (χ1v) is 8.73. The van der Waals surface area contributed by atoms with Gasteiger partial charge in [-0.3, -0.25) is 9.69 Å². The Morgan fingerprint density at radius 1 is 1.23 bits per heavy atom. The molecule has 0 saturated carbocycles. The third kappa shape index (κ3) is 3.49. The Morgan fingerprint density at radius 3 is 2.62 bits per heavy atom. The number of rotatable bonds is 5.